The number of carbonyl (C=O) groups is 1. The number of carboxylic acid groups (broad SMARTS) is 1. The second-order valence-electron chi connectivity index (χ2n) is 4.47. The fourth-order valence-electron chi connectivity index (χ4n) is 1.63. The second-order valence-corrected chi connectivity index (χ2v) is 6.19. The third kappa shape index (κ3) is 3.94. The van der Waals surface area contributed by atoms with Gasteiger partial charge >= 0.3 is 5.97 Å². The van der Waals surface area contributed by atoms with Crippen LogP contribution >= 0.6 is 0 Å². The van der Waals surface area contributed by atoms with Crippen molar-refractivity contribution in [2.45, 2.75) is 38.1 Å². The molecule has 0 aliphatic carbocycles. The lowest BCUT2D eigenvalue weighted by Gasteiger charge is -2.14. The maximum atomic E-state index is 12.1. The summed E-state index contributed by atoms with van der Waals surface area (Å²) in [6.07, 6.45) is 0.653. The number of benzene rings is 1. The quantitative estimate of drug-likeness (QED) is 0.714. The highest BCUT2D eigenvalue weighted by atomic mass is 32.2. The summed E-state index contributed by atoms with van der Waals surface area (Å²) in [6.45, 7) is 6.01. The van der Waals surface area contributed by atoms with Crippen LogP contribution in [0.5, 0.6) is 0 Å². The molecular formula is C13H20N2O4S. The number of hydrogen-bond donors (Lipinski definition) is 3. The first-order chi connectivity index (χ1) is 9.31. The zero-order chi connectivity index (χ0) is 15.3. The summed E-state index contributed by atoms with van der Waals surface area (Å²) < 4.78 is 26.7. The van der Waals surface area contributed by atoms with Crippen LogP contribution in [-0.4, -0.2) is 32.1 Å². The molecule has 3 N–H and O–H groups in total. The van der Waals surface area contributed by atoms with Gasteiger partial charge in [0.2, 0.25) is 10.0 Å². The van der Waals surface area contributed by atoms with Gasteiger partial charge in [-0.1, -0.05) is 6.92 Å². The summed E-state index contributed by atoms with van der Waals surface area (Å²) in [5.41, 5.74) is 0.348. The Bertz CT molecular complexity index is 584. The monoisotopic (exact) mass is 300 g/mol. The predicted molar refractivity (Wildman–Crippen MR) is 77.6 cm³/mol. The summed E-state index contributed by atoms with van der Waals surface area (Å²) in [5, 5.41) is 12.0. The molecule has 0 aliphatic rings. The third-order valence-corrected chi connectivity index (χ3v) is 4.45. The summed E-state index contributed by atoms with van der Waals surface area (Å²) in [5.74, 6) is -1.17. The van der Waals surface area contributed by atoms with Gasteiger partial charge in [-0.15, -0.1) is 0 Å². The van der Waals surface area contributed by atoms with Crippen LogP contribution in [0.3, 0.4) is 0 Å². The number of sulfonamides is 1. The molecule has 20 heavy (non-hydrogen) atoms. The number of nitrogens with one attached hydrogen (secondary N) is 2. The van der Waals surface area contributed by atoms with Gasteiger partial charge in [-0.2, -0.15) is 0 Å². The molecule has 1 atom stereocenters. The molecule has 0 saturated carbocycles. The first-order valence-electron chi connectivity index (χ1n) is 6.45. The van der Waals surface area contributed by atoms with E-state index in [4.69, 9.17) is 5.11 Å². The van der Waals surface area contributed by atoms with E-state index in [2.05, 4.69) is 10.0 Å². The summed E-state index contributed by atoms with van der Waals surface area (Å²) in [4.78, 5) is 11.2. The zero-order valence-electron chi connectivity index (χ0n) is 11.8. The Hall–Kier alpha value is -1.60. The Morgan fingerprint density at radius 2 is 2.00 bits per heavy atom. The smallest absolute Gasteiger partial charge is 0.337 e. The molecule has 1 aromatic rings. The van der Waals surface area contributed by atoms with Gasteiger partial charge in [0.1, 0.15) is 0 Å². The van der Waals surface area contributed by atoms with Crippen LogP contribution in [0.25, 0.3) is 0 Å². The first kappa shape index (κ1) is 16.5. The minimum Gasteiger partial charge on any atom is -0.478 e. The molecule has 0 bridgehead atoms. The molecule has 0 amide bonds. The molecule has 0 heterocycles. The normalized spacial score (nSPS) is 12.9. The van der Waals surface area contributed by atoms with Crippen molar-refractivity contribution in [1.82, 2.24) is 4.72 Å². The van der Waals surface area contributed by atoms with Crippen LogP contribution in [0.1, 0.15) is 37.6 Å². The fraction of sp³-hybridized carbons (Fsp3) is 0.462. The van der Waals surface area contributed by atoms with Crippen LogP contribution in [-0.2, 0) is 10.0 Å². The molecule has 0 aliphatic heterocycles. The Kier molecular flexibility index (Phi) is 5.52. The Morgan fingerprint density at radius 3 is 2.50 bits per heavy atom. The maximum Gasteiger partial charge on any atom is 0.337 e. The molecule has 112 valence electrons. The number of rotatable bonds is 7. The van der Waals surface area contributed by atoms with Crippen molar-refractivity contribution in [3.05, 3.63) is 23.8 Å². The van der Waals surface area contributed by atoms with Gasteiger partial charge in [-0.3, -0.25) is 0 Å². The van der Waals surface area contributed by atoms with Crippen molar-refractivity contribution in [2.75, 3.05) is 11.9 Å². The van der Waals surface area contributed by atoms with Gasteiger partial charge in [-0.05, 0) is 38.5 Å². The zero-order valence-corrected chi connectivity index (χ0v) is 12.6. The molecule has 0 spiro atoms. The molecule has 0 radical (unpaired) electrons. The van der Waals surface area contributed by atoms with E-state index in [1.807, 2.05) is 13.8 Å². The topological polar surface area (TPSA) is 95.5 Å². The molecule has 0 unspecified atom stereocenters. The average molecular weight is 300 g/mol. The molecule has 0 saturated heterocycles. The molecule has 6 nitrogen and oxygen atoms in total. The molecule has 1 rings (SSSR count). The average Bonchev–Trinajstić information content (AvgIpc) is 2.38. The van der Waals surface area contributed by atoms with Gasteiger partial charge in [0, 0.05) is 18.3 Å². The number of hydrogen-bond acceptors (Lipinski definition) is 4. The maximum absolute atomic E-state index is 12.1. The van der Waals surface area contributed by atoms with Gasteiger partial charge in [0.05, 0.1) is 10.5 Å². The summed E-state index contributed by atoms with van der Waals surface area (Å²) in [7, 11) is -3.70. The highest BCUT2D eigenvalue weighted by Crippen LogP contribution is 2.21. The lowest BCUT2D eigenvalue weighted by atomic mass is 10.2. The number of carboxylic acids is 1. The lowest BCUT2D eigenvalue weighted by molar-refractivity contribution is 0.0697. The van der Waals surface area contributed by atoms with Gasteiger partial charge in [-0.25, -0.2) is 17.9 Å². The van der Waals surface area contributed by atoms with Crippen LogP contribution in [0, 0.1) is 0 Å². The highest BCUT2D eigenvalue weighted by molar-refractivity contribution is 7.89. The van der Waals surface area contributed by atoms with E-state index in [9.17, 15) is 13.2 Å². The summed E-state index contributed by atoms with van der Waals surface area (Å²) >= 11 is 0. The SMILES string of the molecule is CCNc1ccc(S(=O)(=O)N[C@@H](C)CC)cc1C(=O)O. The van der Waals surface area contributed by atoms with E-state index in [-0.39, 0.29) is 16.5 Å². The Balaban J connectivity index is 3.20. The van der Waals surface area contributed by atoms with Crippen LogP contribution in [0.4, 0.5) is 5.69 Å². The minimum absolute atomic E-state index is 0.0446. The third-order valence-electron chi connectivity index (χ3n) is 2.87. The largest absolute Gasteiger partial charge is 0.478 e. The molecular weight excluding hydrogens is 280 g/mol. The van der Waals surface area contributed by atoms with Crippen LogP contribution in [0.2, 0.25) is 0 Å². The predicted octanol–water partition coefficient (Wildman–Crippen LogP) is 1.89. The van der Waals surface area contributed by atoms with Gasteiger partial charge in [0.25, 0.3) is 0 Å². The van der Waals surface area contributed by atoms with Crippen molar-refractivity contribution in [3.63, 3.8) is 0 Å². The van der Waals surface area contributed by atoms with E-state index in [0.717, 1.165) is 0 Å². The van der Waals surface area contributed by atoms with E-state index in [1.54, 1.807) is 6.92 Å². The first-order valence-corrected chi connectivity index (χ1v) is 7.93. The highest BCUT2D eigenvalue weighted by Gasteiger charge is 2.20. The van der Waals surface area contributed by atoms with Gasteiger partial charge in [0.15, 0.2) is 0 Å². The molecule has 1 aromatic carbocycles. The second kappa shape index (κ2) is 6.71. The van der Waals surface area contributed by atoms with E-state index < -0.39 is 16.0 Å². The summed E-state index contributed by atoms with van der Waals surface area (Å²) in [6, 6.07) is 3.83. The van der Waals surface area contributed by atoms with Crippen molar-refractivity contribution in [1.29, 1.82) is 0 Å². The molecule has 0 fully saturated rings. The van der Waals surface area contributed by atoms with Crippen molar-refractivity contribution < 1.29 is 18.3 Å². The van der Waals surface area contributed by atoms with Crippen LogP contribution < -0.4 is 10.0 Å². The van der Waals surface area contributed by atoms with Crippen molar-refractivity contribution in [2.24, 2.45) is 0 Å². The Labute approximate surface area is 119 Å². The van der Waals surface area contributed by atoms with Crippen LogP contribution in [0.15, 0.2) is 23.1 Å². The number of aromatic carboxylic acids is 1. The Morgan fingerprint density at radius 1 is 1.35 bits per heavy atom. The molecule has 0 aromatic heterocycles. The minimum atomic E-state index is -3.70. The van der Waals surface area contributed by atoms with Crippen molar-refractivity contribution >= 4 is 21.7 Å². The van der Waals surface area contributed by atoms with Crippen molar-refractivity contribution in [3.8, 4) is 0 Å². The lowest BCUT2D eigenvalue weighted by Crippen LogP contribution is -2.32. The number of anilines is 1. The van der Waals surface area contributed by atoms with E-state index in [0.29, 0.717) is 18.7 Å². The van der Waals surface area contributed by atoms with Gasteiger partial charge < -0.3 is 10.4 Å². The fourth-order valence-corrected chi connectivity index (χ4v) is 2.98. The van der Waals surface area contributed by atoms with E-state index >= 15 is 0 Å². The molecule has 7 heteroatoms. The van der Waals surface area contributed by atoms with E-state index in [1.165, 1.54) is 18.2 Å². The standard InChI is InChI=1S/C13H20N2O4S/c1-4-9(3)15-20(18,19)10-6-7-12(14-5-2)11(8-10)13(16)17/h6-9,14-15H,4-5H2,1-3H3,(H,16,17)/t9-/m0/s1.